The van der Waals surface area contributed by atoms with Crippen LogP contribution in [0.25, 0.3) is 0 Å². The molecule has 0 radical (unpaired) electrons. The van der Waals surface area contributed by atoms with Gasteiger partial charge in [-0.1, -0.05) is 13.3 Å². The number of hydrogen-bond donors (Lipinski definition) is 2. The van der Waals surface area contributed by atoms with Crippen LogP contribution in [0.5, 0.6) is 0 Å². The smallest absolute Gasteiger partial charge is 0.273 e. The van der Waals surface area contributed by atoms with E-state index in [-0.39, 0.29) is 16.5 Å². The van der Waals surface area contributed by atoms with Crippen LogP contribution >= 0.6 is 10.7 Å². The second kappa shape index (κ2) is 5.61. The third-order valence-electron chi connectivity index (χ3n) is 3.52. The van der Waals surface area contributed by atoms with Crippen molar-refractivity contribution in [3.63, 3.8) is 0 Å². The van der Waals surface area contributed by atoms with Crippen LogP contribution in [0.4, 0.5) is 0 Å². The first kappa shape index (κ1) is 16.3. The van der Waals surface area contributed by atoms with E-state index in [0.29, 0.717) is 5.69 Å². The van der Waals surface area contributed by atoms with Gasteiger partial charge in [0.05, 0.1) is 5.69 Å². The molecule has 2 rings (SSSR count). The summed E-state index contributed by atoms with van der Waals surface area (Å²) in [5.41, 5.74) is -0.128. The Kier molecular flexibility index (Phi) is 4.35. The van der Waals surface area contributed by atoms with Gasteiger partial charge in [-0.05, 0) is 33.1 Å². The van der Waals surface area contributed by atoms with Crippen LogP contribution in [0.3, 0.4) is 0 Å². The summed E-state index contributed by atoms with van der Waals surface area (Å²) in [5, 5.41) is 9.37. The first-order valence-corrected chi connectivity index (χ1v) is 9.32. The Bertz CT molecular complexity index is 648. The normalized spacial score (nSPS) is 16.0. The number of H-pyrrole nitrogens is 1. The lowest BCUT2D eigenvalue weighted by Gasteiger charge is -2.25. The van der Waals surface area contributed by atoms with Crippen molar-refractivity contribution >= 4 is 25.6 Å². The van der Waals surface area contributed by atoms with Crippen LogP contribution in [0.15, 0.2) is 4.90 Å². The summed E-state index contributed by atoms with van der Waals surface area (Å²) in [6, 6.07) is 0. The second-order valence-electron chi connectivity index (χ2n) is 6.12. The Labute approximate surface area is 129 Å². The molecule has 0 bridgehead atoms. The first-order chi connectivity index (χ1) is 9.65. The molecule has 2 N–H and O–H groups in total. The van der Waals surface area contributed by atoms with E-state index in [4.69, 9.17) is 10.7 Å². The van der Waals surface area contributed by atoms with E-state index >= 15 is 0 Å². The van der Waals surface area contributed by atoms with Crippen LogP contribution in [0.2, 0.25) is 0 Å². The number of aromatic amines is 1. The molecule has 1 aliphatic rings. The molecule has 0 unspecified atom stereocenters. The Morgan fingerprint density at radius 3 is 2.57 bits per heavy atom. The fraction of sp³-hybridized carbons (Fsp3) is 0.692. The minimum atomic E-state index is -4.02. The van der Waals surface area contributed by atoms with Gasteiger partial charge in [0.25, 0.3) is 15.0 Å². The molecule has 8 heteroatoms. The Morgan fingerprint density at radius 2 is 2.10 bits per heavy atom. The largest absolute Gasteiger partial charge is 0.346 e. The van der Waals surface area contributed by atoms with Gasteiger partial charge < -0.3 is 5.32 Å². The number of nitrogens with one attached hydrogen (secondary N) is 2. The molecule has 0 saturated heterocycles. The highest BCUT2D eigenvalue weighted by Crippen LogP contribution is 2.43. The molecule has 1 amide bonds. The lowest BCUT2D eigenvalue weighted by molar-refractivity contribution is 0.0900. The van der Waals surface area contributed by atoms with E-state index in [9.17, 15) is 13.2 Å². The molecule has 1 saturated carbocycles. The van der Waals surface area contributed by atoms with Crippen LogP contribution < -0.4 is 5.32 Å². The number of nitrogens with zero attached hydrogens (tertiary/aromatic N) is 1. The van der Waals surface area contributed by atoms with Crippen molar-refractivity contribution in [1.29, 1.82) is 0 Å². The third-order valence-corrected chi connectivity index (χ3v) is 4.88. The van der Waals surface area contributed by atoms with Gasteiger partial charge in [-0.15, -0.1) is 0 Å². The average molecular weight is 334 g/mol. The summed E-state index contributed by atoms with van der Waals surface area (Å²) in [5.74, 6) is -0.415. The zero-order chi connectivity index (χ0) is 15.8. The maximum atomic E-state index is 12.3. The minimum absolute atomic E-state index is 0.103. The van der Waals surface area contributed by atoms with Crippen LogP contribution in [-0.2, 0) is 9.05 Å². The third kappa shape index (κ3) is 3.77. The molecule has 118 valence electrons. The Hall–Kier alpha value is -1.08. The number of hydrogen-bond acceptors (Lipinski definition) is 4. The van der Waals surface area contributed by atoms with Gasteiger partial charge in [-0.3, -0.25) is 9.89 Å². The molecule has 1 aromatic heterocycles. The van der Waals surface area contributed by atoms with Gasteiger partial charge >= 0.3 is 0 Å². The van der Waals surface area contributed by atoms with Crippen LogP contribution in [-0.4, -0.2) is 30.1 Å². The maximum Gasteiger partial charge on any atom is 0.273 e. The zero-order valence-corrected chi connectivity index (χ0v) is 13.9. The predicted molar refractivity (Wildman–Crippen MR) is 80.1 cm³/mol. The number of carbonyl (C=O) groups excluding carboxylic acids is 1. The average Bonchev–Trinajstić information content (AvgIpc) is 3.05. The Balaban J connectivity index is 2.34. The van der Waals surface area contributed by atoms with Crippen molar-refractivity contribution in [2.24, 2.45) is 0 Å². The summed E-state index contributed by atoms with van der Waals surface area (Å²) in [7, 11) is 1.47. The number of halogens is 1. The highest BCUT2D eigenvalue weighted by molar-refractivity contribution is 8.13. The van der Waals surface area contributed by atoms with Gasteiger partial charge in [-0.2, -0.15) is 5.10 Å². The molecular formula is C13H20ClN3O3S. The van der Waals surface area contributed by atoms with Crippen LogP contribution in [0, 0.1) is 0 Å². The quantitative estimate of drug-likeness (QED) is 0.782. The topological polar surface area (TPSA) is 91.9 Å². The molecule has 1 fully saturated rings. The van der Waals surface area contributed by atoms with E-state index in [1.54, 1.807) is 0 Å². The highest BCUT2D eigenvalue weighted by atomic mass is 35.7. The van der Waals surface area contributed by atoms with Crippen LogP contribution in [0.1, 0.15) is 68.6 Å². The van der Waals surface area contributed by atoms with E-state index in [1.807, 2.05) is 20.8 Å². The number of amides is 1. The lowest BCUT2D eigenvalue weighted by atomic mass is 9.99. The molecular weight excluding hydrogens is 314 g/mol. The number of rotatable bonds is 6. The fourth-order valence-electron chi connectivity index (χ4n) is 2.45. The number of aromatic nitrogens is 2. The van der Waals surface area contributed by atoms with Crippen molar-refractivity contribution in [1.82, 2.24) is 15.5 Å². The first-order valence-electron chi connectivity index (χ1n) is 7.01. The van der Waals surface area contributed by atoms with Crippen molar-refractivity contribution in [2.45, 2.75) is 62.8 Å². The molecule has 0 aliphatic heterocycles. The Morgan fingerprint density at radius 1 is 1.48 bits per heavy atom. The van der Waals surface area contributed by atoms with Gasteiger partial charge in [0.2, 0.25) is 0 Å². The van der Waals surface area contributed by atoms with Crippen molar-refractivity contribution in [3.8, 4) is 0 Å². The lowest BCUT2D eigenvalue weighted by Crippen LogP contribution is -2.43. The standard InChI is InChI=1S/C13H20ClN3O3S/c1-4-7-13(2,3)15-12(18)10-11(21(14,19)20)9(16-17-10)8-5-6-8/h8H,4-7H2,1-3H3,(H,15,18)(H,16,17). The van der Waals surface area contributed by atoms with E-state index < -0.39 is 20.5 Å². The van der Waals surface area contributed by atoms with Gasteiger partial charge in [0.15, 0.2) is 5.69 Å². The van der Waals surface area contributed by atoms with Gasteiger partial charge in [0.1, 0.15) is 4.90 Å². The SMILES string of the molecule is CCCC(C)(C)NC(=O)c1n[nH]c(C2CC2)c1S(=O)(=O)Cl. The number of carbonyl (C=O) groups is 1. The molecule has 6 nitrogen and oxygen atoms in total. The van der Waals surface area contributed by atoms with Crippen molar-refractivity contribution in [2.75, 3.05) is 0 Å². The molecule has 1 aromatic rings. The molecule has 0 spiro atoms. The second-order valence-corrected chi connectivity index (χ2v) is 8.62. The van der Waals surface area contributed by atoms with E-state index in [2.05, 4.69) is 15.5 Å². The summed E-state index contributed by atoms with van der Waals surface area (Å²) in [6.07, 6.45) is 3.44. The molecule has 0 atom stereocenters. The van der Waals surface area contributed by atoms with E-state index in [0.717, 1.165) is 25.7 Å². The minimum Gasteiger partial charge on any atom is -0.346 e. The van der Waals surface area contributed by atoms with Crippen molar-refractivity contribution in [3.05, 3.63) is 11.4 Å². The molecule has 1 heterocycles. The summed E-state index contributed by atoms with van der Waals surface area (Å²) < 4.78 is 23.6. The van der Waals surface area contributed by atoms with Gasteiger partial charge in [-0.25, -0.2) is 8.42 Å². The molecule has 0 aromatic carbocycles. The monoisotopic (exact) mass is 333 g/mol. The summed E-state index contributed by atoms with van der Waals surface area (Å²) in [4.78, 5) is 12.2. The summed E-state index contributed by atoms with van der Waals surface area (Å²) >= 11 is 0. The maximum absolute atomic E-state index is 12.3. The highest BCUT2D eigenvalue weighted by Gasteiger charge is 2.37. The van der Waals surface area contributed by atoms with Gasteiger partial charge in [0, 0.05) is 22.1 Å². The summed E-state index contributed by atoms with van der Waals surface area (Å²) in [6.45, 7) is 5.79. The zero-order valence-electron chi connectivity index (χ0n) is 12.4. The van der Waals surface area contributed by atoms with E-state index in [1.165, 1.54) is 0 Å². The fourth-order valence-corrected chi connectivity index (χ4v) is 3.76. The molecule has 1 aliphatic carbocycles. The van der Waals surface area contributed by atoms with Crippen molar-refractivity contribution < 1.29 is 13.2 Å². The predicted octanol–water partition coefficient (Wildman–Crippen LogP) is 2.52. The molecule has 21 heavy (non-hydrogen) atoms.